The summed E-state index contributed by atoms with van der Waals surface area (Å²) in [4.78, 5) is 26.8. The average Bonchev–Trinajstić information content (AvgIpc) is 2.84. The zero-order valence-electron chi connectivity index (χ0n) is 12.0. The summed E-state index contributed by atoms with van der Waals surface area (Å²) >= 11 is 0. The van der Waals surface area contributed by atoms with E-state index in [1.165, 1.54) is 4.57 Å². The maximum atomic E-state index is 12.1. The van der Waals surface area contributed by atoms with Crippen molar-refractivity contribution in [1.29, 1.82) is 0 Å². The van der Waals surface area contributed by atoms with E-state index in [1.807, 2.05) is 12.1 Å². The van der Waals surface area contributed by atoms with Crippen LogP contribution in [0.15, 0.2) is 53.3 Å². The highest BCUT2D eigenvalue weighted by Crippen LogP contribution is 2.15. The monoisotopic (exact) mass is 297 g/mol. The molecule has 2 N–H and O–H groups in total. The molecule has 6 nitrogen and oxygen atoms in total. The van der Waals surface area contributed by atoms with Gasteiger partial charge in [-0.2, -0.15) is 0 Å². The summed E-state index contributed by atoms with van der Waals surface area (Å²) in [6.07, 6.45) is 0. The number of anilines is 1. The first-order valence-electron chi connectivity index (χ1n) is 6.79. The number of nitrogens with zero attached hydrogens (tertiary/aromatic N) is 1. The van der Waals surface area contributed by atoms with Crippen LogP contribution >= 0.6 is 0 Å². The number of para-hydroxylation sites is 2. The van der Waals surface area contributed by atoms with E-state index in [4.69, 9.17) is 4.74 Å². The van der Waals surface area contributed by atoms with Crippen molar-refractivity contribution in [3.05, 3.63) is 59.0 Å². The number of hydrogen-bond acceptors (Lipinski definition) is 3. The second-order valence-corrected chi connectivity index (χ2v) is 4.81. The van der Waals surface area contributed by atoms with Crippen LogP contribution in [0.1, 0.15) is 0 Å². The van der Waals surface area contributed by atoms with E-state index in [0.717, 1.165) is 0 Å². The van der Waals surface area contributed by atoms with Crippen LogP contribution in [0.2, 0.25) is 0 Å². The normalized spacial score (nSPS) is 10.6. The number of hydrogen-bond donors (Lipinski definition) is 2. The van der Waals surface area contributed by atoms with Crippen LogP contribution in [0.3, 0.4) is 0 Å². The van der Waals surface area contributed by atoms with E-state index < -0.39 is 0 Å². The second-order valence-electron chi connectivity index (χ2n) is 4.81. The summed E-state index contributed by atoms with van der Waals surface area (Å²) in [5.41, 5.74) is 1.77. The number of aromatic nitrogens is 2. The molecule has 1 aromatic heterocycles. The van der Waals surface area contributed by atoms with Gasteiger partial charge in [0.2, 0.25) is 5.91 Å². The Morgan fingerprint density at radius 3 is 2.64 bits per heavy atom. The average molecular weight is 297 g/mol. The maximum absolute atomic E-state index is 12.1. The molecule has 3 rings (SSSR count). The predicted octanol–water partition coefficient (Wildman–Crippen LogP) is 1.98. The summed E-state index contributed by atoms with van der Waals surface area (Å²) in [6.45, 7) is -0.0468. The quantitative estimate of drug-likeness (QED) is 0.773. The van der Waals surface area contributed by atoms with Gasteiger partial charge in [-0.25, -0.2) is 4.79 Å². The molecule has 0 saturated heterocycles. The number of carbonyl (C=O) groups excluding carboxylic acids is 1. The van der Waals surface area contributed by atoms with E-state index >= 15 is 0 Å². The molecule has 0 bridgehead atoms. The van der Waals surface area contributed by atoms with Crippen molar-refractivity contribution in [1.82, 2.24) is 9.55 Å². The van der Waals surface area contributed by atoms with Crippen LogP contribution in [-0.4, -0.2) is 22.6 Å². The number of carbonyl (C=O) groups is 1. The number of imidazole rings is 1. The second kappa shape index (κ2) is 5.77. The summed E-state index contributed by atoms with van der Waals surface area (Å²) < 4.78 is 6.47. The Morgan fingerprint density at radius 1 is 1.18 bits per heavy atom. The fourth-order valence-corrected chi connectivity index (χ4v) is 2.28. The number of rotatable bonds is 4. The molecule has 0 aliphatic carbocycles. The molecule has 112 valence electrons. The van der Waals surface area contributed by atoms with Gasteiger partial charge in [-0.15, -0.1) is 0 Å². The van der Waals surface area contributed by atoms with E-state index in [0.29, 0.717) is 22.5 Å². The minimum atomic E-state index is -0.300. The third-order valence-electron chi connectivity index (χ3n) is 3.36. The first-order valence-corrected chi connectivity index (χ1v) is 6.79. The molecular weight excluding hydrogens is 282 g/mol. The highest BCUT2D eigenvalue weighted by atomic mass is 16.5. The van der Waals surface area contributed by atoms with Crippen LogP contribution in [0.25, 0.3) is 11.0 Å². The molecule has 0 aliphatic rings. The molecule has 0 unspecified atom stereocenters. The molecule has 3 aromatic rings. The Bertz CT molecular complexity index is 862. The lowest BCUT2D eigenvalue weighted by Crippen LogP contribution is -2.25. The van der Waals surface area contributed by atoms with Crippen molar-refractivity contribution < 1.29 is 9.53 Å². The molecule has 22 heavy (non-hydrogen) atoms. The smallest absolute Gasteiger partial charge is 0.326 e. The maximum Gasteiger partial charge on any atom is 0.326 e. The van der Waals surface area contributed by atoms with E-state index in [2.05, 4.69) is 10.3 Å². The highest BCUT2D eigenvalue weighted by molar-refractivity contribution is 5.91. The number of aromatic amines is 1. The SMILES string of the molecule is COc1ccc(NC(=O)Cn2c(=O)[nH]c3ccccc32)cc1. The first-order chi connectivity index (χ1) is 10.7. The molecule has 0 saturated carbocycles. The van der Waals surface area contributed by atoms with Gasteiger partial charge in [-0.1, -0.05) is 12.1 Å². The third-order valence-corrected chi connectivity index (χ3v) is 3.36. The molecule has 6 heteroatoms. The van der Waals surface area contributed by atoms with Crippen LogP contribution in [0.4, 0.5) is 5.69 Å². The van der Waals surface area contributed by atoms with Crippen molar-refractivity contribution in [2.45, 2.75) is 6.54 Å². The Hall–Kier alpha value is -3.02. The number of benzene rings is 2. The third kappa shape index (κ3) is 2.71. The van der Waals surface area contributed by atoms with Crippen molar-refractivity contribution in [3.63, 3.8) is 0 Å². The van der Waals surface area contributed by atoms with Gasteiger partial charge in [-0.05, 0) is 36.4 Å². The molecule has 2 aromatic carbocycles. The minimum Gasteiger partial charge on any atom is -0.497 e. The lowest BCUT2D eigenvalue weighted by Gasteiger charge is -2.07. The number of ether oxygens (including phenoxy) is 1. The molecule has 0 radical (unpaired) electrons. The van der Waals surface area contributed by atoms with Gasteiger partial charge in [0.25, 0.3) is 0 Å². The van der Waals surface area contributed by atoms with Crippen LogP contribution in [0, 0.1) is 0 Å². The summed E-state index contributed by atoms with van der Waals surface area (Å²) in [5.74, 6) is 0.447. The van der Waals surface area contributed by atoms with Crippen molar-refractivity contribution >= 4 is 22.6 Å². The molecular formula is C16H15N3O3. The van der Waals surface area contributed by atoms with Gasteiger partial charge in [0.1, 0.15) is 12.3 Å². The standard InChI is InChI=1S/C16H15N3O3/c1-22-12-8-6-11(7-9-12)17-15(20)10-19-14-5-3-2-4-13(14)18-16(19)21/h2-9H,10H2,1H3,(H,17,20)(H,18,21). The summed E-state index contributed by atoms with van der Waals surface area (Å²) in [5, 5.41) is 2.76. The number of methoxy groups -OCH3 is 1. The first kappa shape index (κ1) is 13.9. The number of H-pyrrole nitrogens is 1. The Kier molecular flexibility index (Phi) is 3.65. The van der Waals surface area contributed by atoms with Gasteiger partial charge in [0.15, 0.2) is 0 Å². The Balaban J connectivity index is 1.78. The number of amides is 1. The van der Waals surface area contributed by atoms with Crippen molar-refractivity contribution in [2.75, 3.05) is 12.4 Å². The van der Waals surface area contributed by atoms with Gasteiger partial charge in [0.05, 0.1) is 18.1 Å². The fraction of sp³-hybridized carbons (Fsp3) is 0.125. The van der Waals surface area contributed by atoms with E-state index in [1.54, 1.807) is 43.5 Å². The van der Waals surface area contributed by atoms with Crippen LogP contribution in [-0.2, 0) is 11.3 Å². The topological polar surface area (TPSA) is 76.1 Å². The van der Waals surface area contributed by atoms with Gasteiger partial charge in [-0.3, -0.25) is 9.36 Å². The van der Waals surface area contributed by atoms with Crippen molar-refractivity contribution in [2.24, 2.45) is 0 Å². The molecule has 0 aliphatic heterocycles. The molecule has 1 heterocycles. The summed E-state index contributed by atoms with van der Waals surface area (Å²) in [6, 6.07) is 14.3. The Labute approximate surface area is 126 Å². The molecule has 1 amide bonds. The predicted molar refractivity (Wildman–Crippen MR) is 84.2 cm³/mol. The molecule has 0 fully saturated rings. The molecule has 0 atom stereocenters. The zero-order chi connectivity index (χ0) is 15.5. The number of nitrogens with one attached hydrogen (secondary N) is 2. The van der Waals surface area contributed by atoms with Gasteiger partial charge in [0, 0.05) is 5.69 Å². The van der Waals surface area contributed by atoms with Crippen LogP contribution < -0.4 is 15.7 Å². The Morgan fingerprint density at radius 2 is 1.91 bits per heavy atom. The lowest BCUT2D eigenvalue weighted by atomic mass is 10.3. The number of fused-ring (bicyclic) bond motifs is 1. The lowest BCUT2D eigenvalue weighted by molar-refractivity contribution is -0.116. The van der Waals surface area contributed by atoms with Gasteiger partial charge >= 0.3 is 5.69 Å². The fourth-order valence-electron chi connectivity index (χ4n) is 2.28. The largest absolute Gasteiger partial charge is 0.497 e. The van der Waals surface area contributed by atoms with Gasteiger partial charge < -0.3 is 15.0 Å². The summed E-state index contributed by atoms with van der Waals surface area (Å²) in [7, 11) is 1.58. The minimum absolute atomic E-state index is 0.0468. The van der Waals surface area contributed by atoms with Crippen molar-refractivity contribution in [3.8, 4) is 5.75 Å². The van der Waals surface area contributed by atoms with E-state index in [-0.39, 0.29) is 18.1 Å². The highest BCUT2D eigenvalue weighted by Gasteiger charge is 2.10. The molecule has 0 spiro atoms. The van der Waals surface area contributed by atoms with Crippen LogP contribution in [0.5, 0.6) is 5.75 Å². The zero-order valence-corrected chi connectivity index (χ0v) is 12.0. The van der Waals surface area contributed by atoms with E-state index in [9.17, 15) is 9.59 Å².